The second-order valence-electron chi connectivity index (χ2n) is 6.41. The first kappa shape index (κ1) is 16.2. The fourth-order valence-corrected chi connectivity index (χ4v) is 2.18. The molecule has 0 aromatic heterocycles. The maximum absolute atomic E-state index is 12.0. The number of hydrogen-bond acceptors (Lipinski definition) is 3. The van der Waals surface area contributed by atoms with Crippen molar-refractivity contribution in [1.29, 1.82) is 0 Å². The first-order valence-electron chi connectivity index (χ1n) is 7.69. The number of benzene rings is 1. The normalized spacial score (nSPS) is 15.0. The average Bonchev–Trinajstić information content (AvgIpc) is 2.47. The number of hydrogen-bond donors (Lipinski definition) is 0. The van der Waals surface area contributed by atoms with Gasteiger partial charge in [0.15, 0.2) is 0 Å². The van der Waals surface area contributed by atoms with E-state index in [9.17, 15) is 4.79 Å². The Hall–Kier alpha value is -2.15. The summed E-state index contributed by atoms with van der Waals surface area (Å²) in [6, 6.07) is 13.4. The van der Waals surface area contributed by atoms with E-state index in [2.05, 4.69) is 29.0 Å². The molecule has 1 heterocycles. The van der Waals surface area contributed by atoms with E-state index < -0.39 is 5.60 Å². The molecule has 0 saturated carbocycles. The zero-order valence-electron chi connectivity index (χ0n) is 13.6. The molecular formula is C18H24N2O2. The average molecular weight is 300 g/mol. The summed E-state index contributed by atoms with van der Waals surface area (Å²) in [7, 11) is 0. The molecule has 0 unspecified atom stereocenters. The number of ether oxygens (including phenoxy) is 1. The second kappa shape index (κ2) is 7.22. The van der Waals surface area contributed by atoms with Gasteiger partial charge in [-0.2, -0.15) is 0 Å². The topological polar surface area (TPSA) is 32.8 Å². The maximum Gasteiger partial charge on any atom is 0.410 e. The van der Waals surface area contributed by atoms with Gasteiger partial charge in [-0.15, -0.1) is 0 Å². The smallest absolute Gasteiger partial charge is 0.410 e. The molecule has 0 bridgehead atoms. The molecule has 1 aromatic carbocycles. The van der Waals surface area contributed by atoms with Crippen LogP contribution < -0.4 is 0 Å². The van der Waals surface area contributed by atoms with Gasteiger partial charge in [0.25, 0.3) is 0 Å². The quantitative estimate of drug-likeness (QED) is 0.748. The van der Waals surface area contributed by atoms with E-state index in [1.807, 2.05) is 39.0 Å². The molecule has 1 aromatic rings. The van der Waals surface area contributed by atoms with Gasteiger partial charge in [-0.25, -0.2) is 4.79 Å². The first-order valence-corrected chi connectivity index (χ1v) is 7.69. The Labute approximate surface area is 133 Å². The van der Waals surface area contributed by atoms with Crippen LogP contribution in [0.2, 0.25) is 0 Å². The minimum Gasteiger partial charge on any atom is -0.444 e. The molecule has 1 aliphatic heterocycles. The van der Waals surface area contributed by atoms with Gasteiger partial charge < -0.3 is 14.5 Å². The number of amides is 1. The second-order valence-corrected chi connectivity index (χ2v) is 6.41. The minimum atomic E-state index is -0.441. The summed E-state index contributed by atoms with van der Waals surface area (Å²) in [5.41, 5.74) is 0.784. The van der Waals surface area contributed by atoms with E-state index in [-0.39, 0.29) is 6.09 Å². The van der Waals surface area contributed by atoms with E-state index in [4.69, 9.17) is 4.74 Å². The highest BCUT2D eigenvalue weighted by molar-refractivity contribution is 5.68. The predicted octanol–water partition coefficient (Wildman–Crippen LogP) is 2.74. The molecule has 118 valence electrons. The van der Waals surface area contributed by atoms with Crippen molar-refractivity contribution >= 4 is 6.09 Å². The van der Waals surface area contributed by atoms with Crippen LogP contribution >= 0.6 is 0 Å². The molecule has 1 amide bonds. The predicted molar refractivity (Wildman–Crippen MR) is 87.3 cm³/mol. The highest BCUT2D eigenvalue weighted by Gasteiger charge is 2.24. The molecule has 0 radical (unpaired) electrons. The van der Waals surface area contributed by atoms with Crippen LogP contribution in [0.3, 0.4) is 0 Å². The van der Waals surface area contributed by atoms with Gasteiger partial charge in [-0.3, -0.25) is 0 Å². The lowest BCUT2D eigenvalue weighted by Gasteiger charge is -2.33. The highest BCUT2D eigenvalue weighted by atomic mass is 16.6. The lowest BCUT2D eigenvalue weighted by Crippen LogP contribution is -2.48. The van der Waals surface area contributed by atoms with Crippen molar-refractivity contribution in [3.05, 3.63) is 35.9 Å². The van der Waals surface area contributed by atoms with Gasteiger partial charge in [0.2, 0.25) is 0 Å². The molecule has 1 saturated heterocycles. The van der Waals surface area contributed by atoms with Gasteiger partial charge >= 0.3 is 6.09 Å². The van der Waals surface area contributed by atoms with Gasteiger partial charge in [0, 0.05) is 38.6 Å². The zero-order chi connectivity index (χ0) is 16.0. The summed E-state index contributed by atoms with van der Waals surface area (Å²) in [4.78, 5) is 15.8. The molecule has 0 N–H and O–H groups in total. The number of piperazine rings is 1. The monoisotopic (exact) mass is 300 g/mol. The minimum absolute atomic E-state index is 0.232. The van der Waals surface area contributed by atoms with Crippen LogP contribution in [0.5, 0.6) is 0 Å². The molecular weight excluding hydrogens is 276 g/mol. The molecule has 4 nitrogen and oxygen atoms in total. The summed E-state index contributed by atoms with van der Waals surface area (Å²) >= 11 is 0. The Morgan fingerprint density at radius 2 is 1.77 bits per heavy atom. The van der Waals surface area contributed by atoms with Crippen molar-refractivity contribution in [3.63, 3.8) is 0 Å². The lowest BCUT2D eigenvalue weighted by molar-refractivity contribution is 0.0182. The van der Waals surface area contributed by atoms with Crippen LogP contribution in [0.1, 0.15) is 26.3 Å². The summed E-state index contributed by atoms with van der Waals surface area (Å²) in [6.45, 7) is 8.51. The summed E-state index contributed by atoms with van der Waals surface area (Å²) in [5.74, 6) is 3.19. The maximum atomic E-state index is 12.0. The van der Waals surface area contributed by atoms with Crippen LogP contribution in [0, 0.1) is 12.0 Å². The van der Waals surface area contributed by atoms with Gasteiger partial charge in [-0.05, 0) is 26.3 Å². The fourth-order valence-electron chi connectivity index (χ4n) is 2.18. The number of carbonyl (C=O) groups excluding carboxylic acids is 1. The molecule has 1 fully saturated rings. The molecule has 0 atom stereocenters. The summed E-state index contributed by atoms with van der Waals surface area (Å²) in [6.07, 6.45) is 0.525. The van der Waals surface area contributed by atoms with Crippen LogP contribution in [0.25, 0.3) is 0 Å². The standard InChI is InChI=1S/C18H24N2O2/c1-18(2,3)22-17(21)20-14-12-19(13-15-20)11-7-10-16-8-5-4-6-9-16/h4-6,8-9H,10,12-15H2,1-3H3. The number of rotatable bonds is 1. The van der Waals surface area contributed by atoms with Crippen LogP contribution in [0.4, 0.5) is 4.79 Å². The van der Waals surface area contributed by atoms with E-state index in [1.165, 1.54) is 5.56 Å². The largest absolute Gasteiger partial charge is 0.444 e. The first-order chi connectivity index (χ1) is 10.4. The van der Waals surface area contributed by atoms with Gasteiger partial charge in [-0.1, -0.05) is 36.3 Å². The van der Waals surface area contributed by atoms with Crippen molar-refractivity contribution in [2.75, 3.05) is 26.2 Å². The lowest BCUT2D eigenvalue weighted by atomic mass is 10.2. The van der Waals surface area contributed by atoms with Crippen molar-refractivity contribution in [2.24, 2.45) is 0 Å². The Bertz CT molecular complexity index is 544. The molecule has 1 aliphatic rings. The van der Waals surface area contributed by atoms with Crippen molar-refractivity contribution in [2.45, 2.75) is 32.8 Å². The third-order valence-electron chi connectivity index (χ3n) is 3.30. The van der Waals surface area contributed by atoms with Gasteiger partial charge in [0.05, 0.1) is 0 Å². The molecule has 4 heteroatoms. The number of carbonyl (C=O) groups is 1. The van der Waals surface area contributed by atoms with Crippen molar-refractivity contribution in [1.82, 2.24) is 9.80 Å². The molecule has 0 spiro atoms. The van der Waals surface area contributed by atoms with E-state index >= 15 is 0 Å². The Morgan fingerprint density at radius 3 is 2.36 bits per heavy atom. The van der Waals surface area contributed by atoms with Crippen molar-refractivity contribution in [3.8, 4) is 12.0 Å². The van der Waals surface area contributed by atoms with E-state index in [0.29, 0.717) is 13.1 Å². The Balaban J connectivity index is 1.77. The van der Waals surface area contributed by atoms with Crippen LogP contribution in [-0.4, -0.2) is 47.7 Å². The fraction of sp³-hybridized carbons (Fsp3) is 0.500. The Kier molecular flexibility index (Phi) is 5.32. The summed E-state index contributed by atoms with van der Waals surface area (Å²) < 4.78 is 5.38. The highest BCUT2D eigenvalue weighted by Crippen LogP contribution is 2.11. The Morgan fingerprint density at radius 1 is 1.14 bits per heavy atom. The third kappa shape index (κ3) is 5.33. The SMILES string of the molecule is CC(C)(C)OC(=O)N1CCN(C#CCc2ccccc2)CC1. The van der Waals surface area contributed by atoms with Gasteiger partial charge in [0.1, 0.15) is 5.60 Å². The zero-order valence-corrected chi connectivity index (χ0v) is 13.6. The molecule has 0 aliphatic carbocycles. The van der Waals surface area contributed by atoms with E-state index in [0.717, 1.165) is 19.5 Å². The van der Waals surface area contributed by atoms with Crippen LogP contribution in [-0.2, 0) is 11.2 Å². The van der Waals surface area contributed by atoms with E-state index in [1.54, 1.807) is 4.90 Å². The number of nitrogens with zero attached hydrogens (tertiary/aromatic N) is 2. The molecule has 22 heavy (non-hydrogen) atoms. The van der Waals surface area contributed by atoms with Crippen LogP contribution in [0.15, 0.2) is 30.3 Å². The summed E-state index contributed by atoms with van der Waals surface area (Å²) in [5, 5.41) is 0. The molecule has 2 rings (SSSR count). The van der Waals surface area contributed by atoms with Crippen molar-refractivity contribution < 1.29 is 9.53 Å². The third-order valence-corrected chi connectivity index (χ3v) is 3.30.